The Hall–Kier alpha value is -2.83. The number of nitrogens with one attached hydrogen (secondary N) is 1. The van der Waals surface area contributed by atoms with Crippen molar-refractivity contribution in [3.05, 3.63) is 70.4 Å². The van der Waals surface area contributed by atoms with Crippen LogP contribution in [0.15, 0.2) is 64.9 Å². The molecule has 1 aliphatic rings. The summed E-state index contributed by atoms with van der Waals surface area (Å²) in [7, 11) is 0. The maximum Gasteiger partial charge on any atom is 0.251 e. The molecule has 31 heavy (non-hydrogen) atoms. The summed E-state index contributed by atoms with van der Waals surface area (Å²) in [6, 6.07) is 13.8. The maximum absolute atomic E-state index is 12.7. The minimum Gasteiger partial charge on any atom is -0.352 e. The first-order chi connectivity index (χ1) is 15.3. The summed E-state index contributed by atoms with van der Waals surface area (Å²) in [6.45, 7) is 0.673. The molecule has 5 rings (SSSR count). The third-order valence-corrected chi connectivity index (χ3v) is 7.31. The highest BCUT2D eigenvalue weighted by Gasteiger charge is 2.16. The Morgan fingerprint density at radius 2 is 1.68 bits per heavy atom. The van der Waals surface area contributed by atoms with Gasteiger partial charge in [0.2, 0.25) is 0 Å². The largest absolute Gasteiger partial charge is 0.352 e. The molecule has 0 spiro atoms. The van der Waals surface area contributed by atoms with Crippen LogP contribution in [-0.4, -0.2) is 22.4 Å². The van der Waals surface area contributed by atoms with E-state index in [-0.39, 0.29) is 5.91 Å². The summed E-state index contributed by atoms with van der Waals surface area (Å²) in [6.07, 6.45) is 8.16. The second kappa shape index (κ2) is 9.12. The van der Waals surface area contributed by atoms with Gasteiger partial charge in [0.25, 0.3) is 5.91 Å². The molecule has 6 heteroatoms. The van der Waals surface area contributed by atoms with Gasteiger partial charge in [-0.2, -0.15) is 0 Å². The number of allylic oxidation sites excluding steroid dienone is 1. The van der Waals surface area contributed by atoms with E-state index in [0.717, 1.165) is 38.6 Å². The van der Waals surface area contributed by atoms with Crippen LogP contribution in [0.5, 0.6) is 0 Å². The standard InChI is InChI=1S/C25H23N3OS2/c29-25(26-13-12-17-6-2-1-3-7-17)18-10-11-19-20(16-18)28-24(22-9-5-15-31-22)23(27-19)21-8-4-14-30-21/h4-6,8-11,14-16H,1-3,7,12-13H2,(H,26,29). The van der Waals surface area contributed by atoms with Crippen LogP contribution in [0.3, 0.4) is 0 Å². The molecule has 0 radical (unpaired) electrons. The van der Waals surface area contributed by atoms with Crippen molar-refractivity contribution in [3.8, 4) is 21.1 Å². The first kappa shape index (κ1) is 20.1. The number of benzene rings is 1. The maximum atomic E-state index is 12.7. The zero-order valence-electron chi connectivity index (χ0n) is 17.1. The molecule has 0 saturated carbocycles. The Labute approximate surface area is 189 Å². The van der Waals surface area contributed by atoms with Crippen LogP contribution in [0.1, 0.15) is 42.5 Å². The molecule has 4 nitrogen and oxygen atoms in total. The Kier molecular flexibility index (Phi) is 5.91. The molecule has 1 aromatic carbocycles. The van der Waals surface area contributed by atoms with Gasteiger partial charge in [-0.1, -0.05) is 23.8 Å². The second-order valence-corrected chi connectivity index (χ2v) is 9.59. The van der Waals surface area contributed by atoms with Crippen molar-refractivity contribution in [2.24, 2.45) is 0 Å². The van der Waals surface area contributed by atoms with Gasteiger partial charge in [-0.3, -0.25) is 4.79 Å². The van der Waals surface area contributed by atoms with Crippen molar-refractivity contribution in [1.82, 2.24) is 15.3 Å². The summed E-state index contributed by atoms with van der Waals surface area (Å²) in [5, 5.41) is 7.16. The summed E-state index contributed by atoms with van der Waals surface area (Å²) in [5.74, 6) is -0.0554. The van der Waals surface area contributed by atoms with Gasteiger partial charge in [0.15, 0.2) is 0 Å². The van der Waals surface area contributed by atoms with Gasteiger partial charge in [-0.05, 0) is 73.2 Å². The van der Waals surface area contributed by atoms with Crippen molar-refractivity contribution >= 4 is 39.6 Å². The van der Waals surface area contributed by atoms with Gasteiger partial charge in [0, 0.05) is 12.1 Å². The van der Waals surface area contributed by atoms with Crippen LogP contribution in [0, 0.1) is 0 Å². The smallest absolute Gasteiger partial charge is 0.251 e. The van der Waals surface area contributed by atoms with Gasteiger partial charge < -0.3 is 5.32 Å². The zero-order valence-corrected chi connectivity index (χ0v) is 18.8. The van der Waals surface area contributed by atoms with Crippen LogP contribution in [0.2, 0.25) is 0 Å². The number of aromatic nitrogens is 2. The molecule has 3 heterocycles. The number of thiophene rings is 2. The SMILES string of the molecule is O=C(NCCC1=CCCCC1)c1ccc2nc(-c3cccs3)c(-c3cccs3)nc2c1. The predicted octanol–water partition coefficient (Wildman–Crippen LogP) is 6.71. The number of carbonyl (C=O) groups excluding carboxylic acids is 1. The molecule has 0 aliphatic heterocycles. The number of nitrogens with zero attached hydrogens (tertiary/aromatic N) is 2. The van der Waals surface area contributed by atoms with Crippen molar-refractivity contribution in [3.63, 3.8) is 0 Å². The van der Waals surface area contributed by atoms with E-state index in [0.29, 0.717) is 12.1 Å². The lowest BCUT2D eigenvalue weighted by Crippen LogP contribution is -2.24. The van der Waals surface area contributed by atoms with E-state index in [9.17, 15) is 4.79 Å². The van der Waals surface area contributed by atoms with Crippen LogP contribution in [-0.2, 0) is 0 Å². The summed E-state index contributed by atoms with van der Waals surface area (Å²) < 4.78 is 0. The van der Waals surface area contributed by atoms with Crippen molar-refractivity contribution in [1.29, 1.82) is 0 Å². The molecule has 1 N–H and O–H groups in total. The Bertz CT molecular complexity index is 1230. The quantitative estimate of drug-likeness (QED) is 0.336. The molecule has 156 valence electrons. The second-order valence-electron chi connectivity index (χ2n) is 7.69. The number of hydrogen-bond acceptors (Lipinski definition) is 5. The van der Waals surface area contributed by atoms with Crippen LogP contribution >= 0.6 is 22.7 Å². The Balaban J connectivity index is 1.42. The third-order valence-electron chi connectivity index (χ3n) is 5.55. The molecule has 1 amide bonds. The van der Waals surface area contributed by atoms with Crippen LogP contribution in [0.25, 0.3) is 32.2 Å². The lowest BCUT2D eigenvalue weighted by Gasteiger charge is -2.13. The van der Waals surface area contributed by atoms with E-state index < -0.39 is 0 Å². The highest BCUT2D eigenvalue weighted by molar-refractivity contribution is 7.14. The number of carbonyl (C=O) groups is 1. The van der Waals surface area contributed by atoms with Crippen molar-refractivity contribution in [2.45, 2.75) is 32.1 Å². The van der Waals surface area contributed by atoms with E-state index in [4.69, 9.17) is 9.97 Å². The topological polar surface area (TPSA) is 54.9 Å². The fraction of sp³-hybridized carbons (Fsp3) is 0.240. The van der Waals surface area contributed by atoms with Crippen LogP contribution < -0.4 is 5.32 Å². The van der Waals surface area contributed by atoms with E-state index in [1.807, 2.05) is 35.7 Å². The minimum absolute atomic E-state index is 0.0554. The molecule has 0 atom stereocenters. The molecule has 0 fully saturated rings. The fourth-order valence-electron chi connectivity index (χ4n) is 3.94. The van der Waals surface area contributed by atoms with Gasteiger partial charge in [0.05, 0.1) is 20.8 Å². The van der Waals surface area contributed by atoms with Crippen molar-refractivity contribution in [2.75, 3.05) is 6.54 Å². The normalized spacial score (nSPS) is 13.9. The van der Waals surface area contributed by atoms with E-state index in [2.05, 4.69) is 28.9 Å². The first-order valence-corrected chi connectivity index (χ1v) is 12.4. The summed E-state index contributed by atoms with van der Waals surface area (Å²) >= 11 is 3.31. The highest BCUT2D eigenvalue weighted by Crippen LogP contribution is 2.35. The molecule has 4 aromatic rings. The molecule has 0 saturated heterocycles. The Morgan fingerprint density at radius 3 is 2.32 bits per heavy atom. The van der Waals surface area contributed by atoms with E-state index in [1.165, 1.54) is 31.3 Å². The highest BCUT2D eigenvalue weighted by atomic mass is 32.1. The van der Waals surface area contributed by atoms with E-state index >= 15 is 0 Å². The molecule has 0 unspecified atom stereocenters. The van der Waals surface area contributed by atoms with Gasteiger partial charge in [0.1, 0.15) is 11.4 Å². The zero-order chi connectivity index (χ0) is 21.0. The summed E-state index contributed by atoms with van der Waals surface area (Å²) in [4.78, 5) is 24.7. The molecule has 3 aromatic heterocycles. The number of hydrogen-bond donors (Lipinski definition) is 1. The number of amides is 1. The minimum atomic E-state index is -0.0554. The van der Waals surface area contributed by atoms with Gasteiger partial charge in [-0.15, -0.1) is 22.7 Å². The lowest BCUT2D eigenvalue weighted by atomic mass is 9.97. The lowest BCUT2D eigenvalue weighted by molar-refractivity contribution is 0.0954. The molecule has 0 bridgehead atoms. The van der Waals surface area contributed by atoms with Gasteiger partial charge >= 0.3 is 0 Å². The Morgan fingerprint density at radius 1 is 0.935 bits per heavy atom. The summed E-state index contributed by atoms with van der Waals surface area (Å²) in [5.41, 5.74) is 5.40. The number of fused-ring (bicyclic) bond motifs is 1. The van der Waals surface area contributed by atoms with E-state index in [1.54, 1.807) is 22.7 Å². The van der Waals surface area contributed by atoms with Gasteiger partial charge in [-0.25, -0.2) is 9.97 Å². The average Bonchev–Trinajstić information content (AvgIpc) is 3.53. The number of rotatable bonds is 6. The average molecular weight is 446 g/mol. The predicted molar refractivity (Wildman–Crippen MR) is 130 cm³/mol. The third kappa shape index (κ3) is 4.45. The molecule has 1 aliphatic carbocycles. The molecular weight excluding hydrogens is 422 g/mol. The first-order valence-electron chi connectivity index (χ1n) is 10.6. The fourth-order valence-corrected chi connectivity index (χ4v) is 5.37. The monoisotopic (exact) mass is 445 g/mol. The van der Waals surface area contributed by atoms with Crippen LogP contribution in [0.4, 0.5) is 0 Å². The molecular formula is C25H23N3OS2. The van der Waals surface area contributed by atoms with Crippen molar-refractivity contribution < 1.29 is 4.79 Å².